The van der Waals surface area contributed by atoms with E-state index in [4.69, 9.17) is 0 Å². The zero-order valence-electron chi connectivity index (χ0n) is 14.6. The minimum Gasteiger partial charge on any atom is -0.367 e. The molecule has 2 aromatic rings. The van der Waals surface area contributed by atoms with Crippen molar-refractivity contribution in [2.45, 2.75) is 16.0 Å². The number of benzene rings is 2. The van der Waals surface area contributed by atoms with Crippen LogP contribution in [0.4, 0.5) is 23.2 Å². The van der Waals surface area contributed by atoms with E-state index in [0.717, 1.165) is 16.7 Å². The lowest BCUT2D eigenvalue weighted by Crippen LogP contribution is -2.52. The van der Waals surface area contributed by atoms with Crippen LogP contribution in [0.15, 0.2) is 52.3 Å². The summed E-state index contributed by atoms with van der Waals surface area (Å²) in [5, 5.41) is 0. The maximum absolute atomic E-state index is 13.9. The number of rotatable bonds is 4. The van der Waals surface area contributed by atoms with Crippen LogP contribution in [0, 0.1) is 5.82 Å². The second kappa shape index (κ2) is 8.22. The van der Waals surface area contributed by atoms with E-state index in [1.165, 1.54) is 6.07 Å². The smallest absolute Gasteiger partial charge is 0.367 e. The zero-order valence-corrected chi connectivity index (χ0v) is 15.4. The Hall–Kier alpha value is -2.55. The summed E-state index contributed by atoms with van der Waals surface area (Å²) < 4.78 is 51.7. The molecule has 28 heavy (non-hydrogen) atoms. The molecule has 4 nitrogen and oxygen atoms in total. The largest absolute Gasteiger partial charge is 0.471 e. The molecule has 1 amide bonds. The second-order valence-electron chi connectivity index (χ2n) is 6.12. The molecular formula is C19H16F4N2O2S. The Morgan fingerprint density at radius 1 is 0.964 bits per heavy atom. The molecule has 1 saturated heterocycles. The molecule has 0 unspecified atom stereocenters. The Balaban J connectivity index is 1.79. The lowest BCUT2D eigenvalue weighted by Gasteiger charge is -2.37. The molecule has 9 heteroatoms. The number of carbonyl (C=O) groups excluding carboxylic acids is 2. The maximum atomic E-state index is 13.9. The van der Waals surface area contributed by atoms with Crippen LogP contribution in [0.3, 0.4) is 0 Å². The number of amides is 1. The molecule has 0 aliphatic carbocycles. The number of alkyl halides is 3. The molecule has 0 saturated carbocycles. The van der Waals surface area contributed by atoms with Gasteiger partial charge in [-0.3, -0.25) is 9.59 Å². The van der Waals surface area contributed by atoms with Gasteiger partial charge in [0.05, 0.1) is 5.56 Å². The van der Waals surface area contributed by atoms with Crippen LogP contribution >= 0.6 is 11.8 Å². The Morgan fingerprint density at radius 3 is 2.21 bits per heavy atom. The van der Waals surface area contributed by atoms with Gasteiger partial charge < -0.3 is 9.80 Å². The normalized spacial score (nSPS) is 14.9. The molecule has 3 rings (SSSR count). The van der Waals surface area contributed by atoms with Crippen molar-refractivity contribution in [1.82, 2.24) is 4.90 Å². The first-order valence-corrected chi connectivity index (χ1v) is 9.24. The predicted molar refractivity (Wildman–Crippen MR) is 97.2 cm³/mol. The minimum absolute atomic E-state index is 0.0959. The van der Waals surface area contributed by atoms with Crippen molar-refractivity contribution >= 4 is 29.6 Å². The lowest BCUT2D eigenvalue weighted by atomic mass is 10.1. The van der Waals surface area contributed by atoms with Crippen molar-refractivity contribution in [3.8, 4) is 0 Å². The monoisotopic (exact) mass is 412 g/mol. The van der Waals surface area contributed by atoms with Gasteiger partial charge in [0.15, 0.2) is 6.29 Å². The first-order valence-electron chi connectivity index (χ1n) is 8.43. The van der Waals surface area contributed by atoms with Crippen LogP contribution in [-0.4, -0.2) is 49.4 Å². The first kappa shape index (κ1) is 20.2. The topological polar surface area (TPSA) is 40.6 Å². The quantitative estimate of drug-likeness (QED) is 0.562. The molecule has 0 atom stereocenters. The third kappa shape index (κ3) is 4.30. The van der Waals surface area contributed by atoms with Gasteiger partial charge in [0.1, 0.15) is 5.82 Å². The van der Waals surface area contributed by atoms with Crippen LogP contribution in [0.2, 0.25) is 0 Å². The average molecular weight is 412 g/mol. The van der Waals surface area contributed by atoms with Crippen LogP contribution in [0.25, 0.3) is 0 Å². The molecule has 0 bridgehead atoms. The highest BCUT2D eigenvalue weighted by Gasteiger charge is 2.43. The van der Waals surface area contributed by atoms with Gasteiger partial charge in [-0.1, -0.05) is 30.0 Å². The van der Waals surface area contributed by atoms with Gasteiger partial charge in [0.25, 0.3) is 0 Å². The van der Waals surface area contributed by atoms with Gasteiger partial charge >= 0.3 is 12.1 Å². The molecule has 0 aromatic heterocycles. The number of halogens is 4. The van der Waals surface area contributed by atoms with Gasteiger partial charge in [0, 0.05) is 41.7 Å². The Labute approximate surface area is 163 Å². The lowest BCUT2D eigenvalue weighted by molar-refractivity contribution is -0.185. The summed E-state index contributed by atoms with van der Waals surface area (Å²) >= 11 is 1.11. The van der Waals surface area contributed by atoms with E-state index in [1.54, 1.807) is 41.3 Å². The fraction of sp³-hybridized carbons (Fsp3) is 0.263. The highest BCUT2D eigenvalue weighted by Crippen LogP contribution is 2.36. The molecule has 1 heterocycles. The number of hydrogen-bond donors (Lipinski definition) is 0. The predicted octanol–water partition coefficient (Wildman–Crippen LogP) is 4.00. The van der Waals surface area contributed by atoms with E-state index in [1.807, 2.05) is 0 Å². The fourth-order valence-electron chi connectivity index (χ4n) is 2.99. The van der Waals surface area contributed by atoms with Gasteiger partial charge in [-0.05, 0) is 24.3 Å². The van der Waals surface area contributed by atoms with Crippen molar-refractivity contribution in [1.29, 1.82) is 0 Å². The third-order valence-corrected chi connectivity index (χ3v) is 5.49. The van der Waals surface area contributed by atoms with E-state index < -0.39 is 17.9 Å². The van der Waals surface area contributed by atoms with E-state index in [2.05, 4.69) is 0 Å². The molecule has 1 aliphatic rings. The number of hydrogen-bond acceptors (Lipinski definition) is 4. The van der Waals surface area contributed by atoms with Crippen LogP contribution in [0.5, 0.6) is 0 Å². The molecule has 148 valence electrons. The summed E-state index contributed by atoms with van der Waals surface area (Å²) in [6.45, 7) is 0.135. The third-order valence-electron chi connectivity index (χ3n) is 4.37. The van der Waals surface area contributed by atoms with Gasteiger partial charge in [-0.2, -0.15) is 13.2 Å². The summed E-state index contributed by atoms with van der Waals surface area (Å²) in [6, 6.07) is 11.3. The zero-order chi connectivity index (χ0) is 20.3. The molecule has 0 spiro atoms. The van der Waals surface area contributed by atoms with Gasteiger partial charge in [0.2, 0.25) is 0 Å². The number of carbonyl (C=O) groups is 2. The second-order valence-corrected chi connectivity index (χ2v) is 7.20. The first-order chi connectivity index (χ1) is 13.3. The van der Waals surface area contributed by atoms with Crippen molar-refractivity contribution in [3.05, 3.63) is 53.8 Å². The summed E-state index contributed by atoms with van der Waals surface area (Å²) in [4.78, 5) is 26.5. The van der Waals surface area contributed by atoms with Crippen molar-refractivity contribution < 1.29 is 27.2 Å². The van der Waals surface area contributed by atoms with Crippen LogP contribution in [0.1, 0.15) is 10.4 Å². The standard InChI is InChI=1S/C19H16F4N2O2S/c20-14-4-1-2-6-17(14)28-16-7-3-5-15(13(16)12-26)24-8-10-25(11-9-24)18(27)19(21,22)23/h1-7,12H,8-11H2. The highest BCUT2D eigenvalue weighted by molar-refractivity contribution is 7.99. The highest BCUT2D eigenvalue weighted by atomic mass is 32.2. The minimum atomic E-state index is -4.90. The number of piperazine rings is 1. The number of aldehydes is 1. The van der Waals surface area contributed by atoms with Gasteiger partial charge in [-0.25, -0.2) is 4.39 Å². The number of nitrogens with zero attached hydrogens (tertiary/aromatic N) is 2. The summed E-state index contributed by atoms with van der Waals surface area (Å²) in [6.07, 6.45) is -4.24. The molecule has 1 aliphatic heterocycles. The maximum Gasteiger partial charge on any atom is 0.471 e. The van der Waals surface area contributed by atoms with E-state index >= 15 is 0 Å². The van der Waals surface area contributed by atoms with Crippen LogP contribution in [-0.2, 0) is 4.79 Å². The molecule has 0 N–H and O–H groups in total. The van der Waals surface area contributed by atoms with Gasteiger partial charge in [-0.15, -0.1) is 0 Å². The molecule has 1 fully saturated rings. The Bertz CT molecular complexity index is 880. The van der Waals surface area contributed by atoms with Crippen molar-refractivity contribution in [3.63, 3.8) is 0 Å². The van der Waals surface area contributed by atoms with E-state index in [9.17, 15) is 27.2 Å². The SMILES string of the molecule is O=Cc1c(Sc2ccccc2F)cccc1N1CCN(C(=O)C(F)(F)F)CC1. The molecular weight excluding hydrogens is 396 g/mol. The fourth-order valence-corrected chi connectivity index (χ4v) is 3.95. The van der Waals surface area contributed by atoms with Crippen LogP contribution < -0.4 is 4.90 Å². The Kier molecular flexibility index (Phi) is 5.93. The summed E-state index contributed by atoms with van der Waals surface area (Å²) in [7, 11) is 0. The summed E-state index contributed by atoms with van der Waals surface area (Å²) in [5.41, 5.74) is 0.891. The van der Waals surface area contributed by atoms with E-state index in [0.29, 0.717) is 27.3 Å². The van der Waals surface area contributed by atoms with E-state index in [-0.39, 0.29) is 26.2 Å². The molecule has 0 radical (unpaired) electrons. The van der Waals surface area contributed by atoms with Crippen molar-refractivity contribution in [2.24, 2.45) is 0 Å². The number of anilines is 1. The van der Waals surface area contributed by atoms with Crippen molar-refractivity contribution in [2.75, 3.05) is 31.1 Å². The summed E-state index contributed by atoms with van der Waals surface area (Å²) in [5.74, 6) is -2.26. The average Bonchev–Trinajstić information content (AvgIpc) is 2.68. The Morgan fingerprint density at radius 2 is 1.61 bits per heavy atom. The molecule has 2 aromatic carbocycles.